The maximum absolute atomic E-state index is 9.76. The Balaban J connectivity index is 1.45. The number of anilines is 1. The Hall–Kier alpha value is -3.91. The van der Waals surface area contributed by atoms with Crippen LogP contribution in [0.15, 0.2) is 60.7 Å². The van der Waals surface area contributed by atoms with Gasteiger partial charge in [-0.2, -0.15) is 5.26 Å². The number of hydrogen-bond donors (Lipinski definition) is 1. The maximum Gasteiger partial charge on any atom is 0.161 e. The van der Waals surface area contributed by atoms with Gasteiger partial charge in [0.2, 0.25) is 0 Å². The number of nitrogens with zero attached hydrogens (tertiary/aromatic N) is 2. The summed E-state index contributed by atoms with van der Waals surface area (Å²) in [6.45, 7) is 1.61. The van der Waals surface area contributed by atoms with Gasteiger partial charge in [0.15, 0.2) is 6.73 Å². The van der Waals surface area contributed by atoms with Crippen molar-refractivity contribution in [1.29, 1.82) is 5.26 Å². The predicted octanol–water partition coefficient (Wildman–Crippen LogP) is 4.55. The van der Waals surface area contributed by atoms with E-state index in [0.29, 0.717) is 25.4 Å². The molecule has 0 bridgehead atoms. The molecule has 3 aromatic carbocycles. The van der Waals surface area contributed by atoms with Crippen molar-refractivity contribution in [2.24, 2.45) is 0 Å². The van der Waals surface area contributed by atoms with E-state index >= 15 is 0 Å². The predicted molar refractivity (Wildman–Crippen MR) is 111 cm³/mol. The Bertz CT molecular complexity index is 1160. The maximum atomic E-state index is 9.76. The number of phenolic OH excluding ortho intramolecular Hbond substituents is 1. The van der Waals surface area contributed by atoms with E-state index in [9.17, 15) is 5.11 Å². The van der Waals surface area contributed by atoms with Gasteiger partial charge in [-0.25, -0.2) is 0 Å². The SMILES string of the molecule is N#Cc1ccc(N2COc3cc4c(cc3C2)C=C(c2cccc(O)c2)CO4)cc1. The van der Waals surface area contributed by atoms with Crippen LogP contribution in [0.2, 0.25) is 0 Å². The first kappa shape index (κ1) is 17.2. The minimum Gasteiger partial charge on any atom is -0.508 e. The number of benzene rings is 3. The molecule has 0 fully saturated rings. The molecule has 0 unspecified atom stereocenters. The first-order valence-corrected chi connectivity index (χ1v) is 9.37. The van der Waals surface area contributed by atoms with Crippen LogP contribution in [0.5, 0.6) is 17.2 Å². The third-order valence-corrected chi connectivity index (χ3v) is 5.22. The topological polar surface area (TPSA) is 65.7 Å². The van der Waals surface area contributed by atoms with Crippen LogP contribution in [0.4, 0.5) is 5.69 Å². The molecular weight excluding hydrogens is 364 g/mol. The van der Waals surface area contributed by atoms with Gasteiger partial charge in [-0.05, 0) is 59.7 Å². The summed E-state index contributed by atoms with van der Waals surface area (Å²) in [6, 6.07) is 20.9. The Kier molecular flexibility index (Phi) is 4.10. The number of rotatable bonds is 2. The molecule has 2 aliphatic rings. The Morgan fingerprint density at radius 3 is 2.62 bits per heavy atom. The van der Waals surface area contributed by atoms with Crippen molar-refractivity contribution in [2.45, 2.75) is 6.54 Å². The summed E-state index contributed by atoms with van der Waals surface area (Å²) < 4.78 is 11.9. The van der Waals surface area contributed by atoms with Crippen LogP contribution in [0.3, 0.4) is 0 Å². The van der Waals surface area contributed by atoms with Crippen molar-refractivity contribution in [1.82, 2.24) is 0 Å². The van der Waals surface area contributed by atoms with Gasteiger partial charge in [0.25, 0.3) is 0 Å². The van der Waals surface area contributed by atoms with Crippen molar-refractivity contribution >= 4 is 17.3 Å². The van der Waals surface area contributed by atoms with E-state index in [1.807, 2.05) is 42.5 Å². The first-order valence-electron chi connectivity index (χ1n) is 9.37. The lowest BCUT2D eigenvalue weighted by Crippen LogP contribution is -2.32. The highest BCUT2D eigenvalue weighted by molar-refractivity contribution is 5.86. The molecule has 0 aromatic heterocycles. The van der Waals surface area contributed by atoms with Gasteiger partial charge in [0.1, 0.15) is 23.9 Å². The number of fused-ring (bicyclic) bond motifs is 2. The molecule has 142 valence electrons. The van der Waals surface area contributed by atoms with E-state index in [-0.39, 0.29) is 5.75 Å². The number of ether oxygens (including phenoxy) is 2. The smallest absolute Gasteiger partial charge is 0.161 e. The van der Waals surface area contributed by atoms with Gasteiger partial charge in [0.05, 0.1) is 11.6 Å². The molecule has 2 aliphatic heterocycles. The fourth-order valence-electron chi connectivity index (χ4n) is 3.69. The van der Waals surface area contributed by atoms with Gasteiger partial charge >= 0.3 is 0 Å². The van der Waals surface area contributed by atoms with Crippen LogP contribution in [0, 0.1) is 11.3 Å². The average molecular weight is 382 g/mol. The first-order chi connectivity index (χ1) is 14.2. The highest BCUT2D eigenvalue weighted by atomic mass is 16.5. The van der Waals surface area contributed by atoms with Crippen molar-refractivity contribution in [3.8, 4) is 23.3 Å². The molecule has 0 saturated heterocycles. The van der Waals surface area contributed by atoms with Crippen molar-refractivity contribution in [2.75, 3.05) is 18.2 Å². The van der Waals surface area contributed by atoms with Crippen LogP contribution in [-0.4, -0.2) is 18.4 Å². The van der Waals surface area contributed by atoms with E-state index < -0.39 is 0 Å². The fraction of sp³-hybridized carbons (Fsp3) is 0.125. The van der Waals surface area contributed by atoms with Gasteiger partial charge in [-0.3, -0.25) is 0 Å². The van der Waals surface area contributed by atoms with Crippen molar-refractivity contribution in [3.05, 3.63) is 82.9 Å². The molecule has 1 N–H and O–H groups in total. The lowest BCUT2D eigenvalue weighted by molar-refractivity contribution is 0.285. The summed E-state index contributed by atoms with van der Waals surface area (Å²) in [5, 5.41) is 18.7. The van der Waals surface area contributed by atoms with E-state index in [2.05, 4.69) is 23.1 Å². The molecule has 5 nitrogen and oxygen atoms in total. The van der Waals surface area contributed by atoms with Crippen LogP contribution >= 0.6 is 0 Å². The number of aromatic hydroxyl groups is 1. The standard InChI is InChI=1S/C24H18N2O3/c25-12-16-4-6-21(7-5-16)26-13-19-8-18-9-20(17-2-1-3-22(27)10-17)14-28-23(18)11-24(19)29-15-26/h1-11,27H,13-15H2. The summed E-state index contributed by atoms with van der Waals surface area (Å²) >= 11 is 0. The van der Waals surface area contributed by atoms with Crippen molar-refractivity contribution < 1.29 is 14.6 Å². The lowest BCUT2D eigenvalue weighted by atomic mass is 9.98. The molecule has 0 aliphatic carbocycles. The number of phenols is 1. The molecular formula is C24H18N2O3. The molecule has 5 heteroatoms. The van der Waals surface area contributed by atoms with Gasteiger partial charge in [-0.1, -0.05) is 12.1 Å². The summed E-state index contributed by atoms with van der Waals surface area (Å²) in [6.07, 6.45) is 2.11. The molecule has 2 heterocycles. The normalized spacial score (nSPS) is 14.6. The zero-order chi connectivity index (χ0) is 19.8. The van der Waals surface area contributed by atoms with Gasteiger partial charge in [-0.15, -0.1) is 0 Å². The molecule has 29 heavy (non-hydrogen) atoms. The molecule has 0 amide bonds. The Morgan fingerprint density at radius 1 is 0.966 bits per heavy atom. The summed E-state index contributed by atoms with van der Waals surface area (Å²) in [5.74, 6) is 1.88. The average Bonchev–Trinajstić information content (AvgIpc) is 2.77. The van der Waals surface area contributed by atoms with E-state index in [1.54, 1.807) is 12.1 Å². The lowest BCUT2D eigenvalue weighted by Gasteiger charge is -2.32. The zero-order valence-electron chi connectivity index (χ0n) is 15.6. The third kappa shape index (κ3) is 3.26. The van der Waals surface area contributed by atoms with Gasteiger partial charge < -0.3 is 19.5 Å². The molecule has 3 aromatic rings. The monoisotopic (exact) mass is 382 g/mol. The van der Waals surface area contributed by atoms with E-state index in [4.69, 9.17) is 14.7 Å². The highest BCUT2D eigenvalue weighted by Gasteiger charge is 2.22. The van der Waals surface area contributed by atoms with Crippen LogP contribution in [0.25, 0.3) is 11.6 Å². The minimum absolute atomic E-state index is 0.242. The van der Waals surface area contributed by atoms with Crippen LogP contribution < -0.4 is 14.4 Å². The third-order valence-electron chi connectivity index (χ3n) is 5.22. The minimum atomic E-state index is 0.242. The summed E-state index contributed by atoms with van der Waals surface area (Å²) in [7, 11) is 0. The fourth-order valence-corrected chi connectivity index (χ4v) is 3.69. The molecule has 5 rings (SSSR count). The van der Waals surface area contributed by atoms with E-state index in [1.165, 1.54) is 0 Å². The number of hydrogen-bond acceptors (Lipinski definition) is 5. The second kappa shape index (κ2) is 6.92. The quantitative estimate of drug-likeness (QED) is 0.704. The zero-order valence-corrected chi connectivity index (χ0v) is 15.6. The molecule has 0 spiro atoms. The largest absolute Gasteiger partial charge is 0.508 e. The second-order valence-electron chi connectivity index (χ2n) is 7.14. The molecule has 0 radical (unpaired) electrons. The summed E-state index contributed by atoms with van der Waals surface area (Å²) in [5.41, 5.74) is 5.70. The van der Waals surface area contributed by atoms with Crippen molar-refractivity contribution in [3.63, 3.8) is 0 Å². The summed E-state index contributed by atoms with van der Waals surface area (Å²) in [4.78, 5) is 2.12. The Morgan fingerprint density at radius 2 is 1.83 bits per heavy atom. The second-order valence-corrected chi connectivity index (χ2v) is 7.14. The molecule has 0 atom stereocenters. The molecule has 0 saturated carbocycles. The van der Waals surface area contributed by atoms with Gasteiger partial charge in [0, 0.05) is 29.4 Å². The number of nitriles is 1. The van der Waals surface area contributed by atoms with E-state index in [0.717, 1.165) is 39.4 Å². The Labute approximate surface area is 168 Å². The van der Waals surface area contributed by atoms with Crippen LogP contribution in [0.1, 0.15) is 22.3 Å². The highest BCUT2D eigenvalue weighted by Crippen LogP contribution is 2.38. The van der Waals surface area contributed by atoms with Crippen LogP contribution in [-0.2, 0) is 6.54 Å².